The van der Waals surface area contributed by atoms with Crippen LogP contribution in [-0.4, -0.2) is 61.4 Å². The zero-order chi connectivity index (χ0) is 12.5. The van der Waals surface area contributed by atoms with Crippen molar-refractivity contribution in [1.29, 1.82) is 0 Å². The monoisotopic (exact) mass is 368 g/mol. The summed E-state index contributed by atoms with van der Waals surface area (Å²) in [6.07, 6.45) is 2.45. The summed E-state index contributed by atoms with van der Waals surface area (Å²) in [7, 11) is 2.29. The van der Waals surface area contributed by atoms with Gasteiger partial charge in [0.05, 0.1) is 20.1 Å². The molecule has 3 saturated heterocycles. The van der Waals surface area contributed by atoms with Crippen LogP contribution in [0.3, 0.4) is 0 Å². The maximum atomic E-state index is 12.0. The number of likely N-dealkylation sites (N-methyl/N-ethyl adjacent to an activating group) is 1. The Bertz CT molecular complexity index is 287. The van der Waals surface area contributed by atoms with Crippen molar-refractivity contribution in [2.24, 2.45) is 5.92 Å². The van der Waals surface area contributed by atoms with E-state index in [2.05, 4.69) is 7.05 Å². The third-order valence-corrected chi connectivity index (χ3v) is 4.50. The van der Waals surface area contributed by atoms with Crippen LogP contribution < -0.4 is 24.0 Å². The summed E-state index contributed by atoms with van der Waals surface area (Å²) in [6.45, 7) is 8.98. The lowest BCUT2D eigenvalue weighted by Crippen LogP contribution is -3.00. The van der Waals surface area contributed by atoms with E-state index in [0.717, 1.165) is 24.1 Å². The van der Waals surface area contributed by atoms with Gasteiger partial charge in [-0.2, -0.15) is 0 Å². The highest BCUT2D eigenvalue weighted by molar-refractivity contribution is 5.67. The van der Waals surface area contributed by atoms with Crippen molar-refractivity contribution in [2.45, 2.75) is 32.8 Å². The molecule has 0 aromatic carbocycles. The highest BCUT2D eigenvalue weighted by Crippen LogP contribution is 2.34. The Labute approximate surface area is 127 Å². The molecule has 3 rings (SSSR count). The van der Waals surface area contributed by atoms with Crippen molar-refractivity contribution in [1.82, 2.24) is 4.90 Å². The lowest BCUT2D eigenvalue weighted by Gasteiger charge is -2.49. The molecule has 0 spiro atoms. The summed E-state index contributed by atoms with van der Waals surface area (Å²) in [6, 6.07) is 0. The topological polar surface area (TPSA) is 29.5 Å². The van der Waals surface area contributed by atoms with Gasteiger partial charge in [-0.25, -0.2) is 4.79 Å². The second-order valence-corrected chi connectivity index (χ2v) is 5.68. The standard InChI is InChI=1S/C13H25N2O2.HI/c1-4-14(5-2)13(16)17-12-10-15(3)8-6-11(12)7-9-15;/h11-12H,4-10H2,1-3H3;1H/q+1;/p-1. The molecular formula is C13H25IN2O2. The molecule has 0 radical (unpaired) electrons. The molecule has 0 saturated carbocycles. The zero-order valence-electron chi connectivity index (χ0n) is 11.7. The Morgan fingerprint density at radius 3 is 2.28 bits per heavy atom. The predicted octanol–water partition coefficient (Wildman–Crippen LogP) is -1.29. The number of piperidine rings is 3. The average Bonchev–Trinajstić information content (AvgIpc) is 2.30. The average molecular weight is 368 g/mol. The highest BCUT2D eigenvalue weighted by atomic mass is 127. The first kappa shape index (κ1) is 16.0. The van der Waals surface area contributed by atoms with Gasteiger partial charge >= 0.3 is 6.09 Å². The van der Waals surface area contributed by atoms with E-state index in [-0.39, 0.29) is 36.2 Å². The molecule has 4 nitrogen and oxygen atoms in total. The lowest BCUT2D eigenvalue weighted by atomic mass is 9.84. The Morgan fingerprint density at radius 1 is 1.28 bits per heavy atom. The van der Waals surface area contributed by atoms with Gasteiger partial charge in [0, 0.05) is 31.8 Å². The van der Waals surface area contributed by atoms with E-state index in [1.54, 1.807) is 4.90 Å². The molecule has 1 unspecified atom stereocenters. The molecule has 2 bridgehead atoms. The number of halogens is 1. The Hall–Kier alpha value is -0.0400. The van der Waals surface area contributed by atoms with Gasteiger partial charge in [0.2, 0.25) is 0 Å². The number of amides is 1. The largest absolute Gasteiger partial charge is 1.00 e. The SMILES string of the molecule is CCN(CC)C(=O)OC1C[N+]2(C)CCC1CC2.[I-]. The van der Waals surface area contributed by atoms with Gasteiger partial charge in [-0.05, 0) is 13.8 Å². The predicted molar refractivity (Wildman–Crippen MR) is 66.7 cm³/mol. The maximum Gasteiger partial charge on any atom is 0.410 e. The van der Waals surface area contributed by atoms with Gasteiger partial charge in [0.1, 0.15) is 6.54 Å². The first-order valence-electron chi connectivity index (χ1n) is 6.87. The van der Waals surface area contributed by atoms with Crippen LogP contribution in [0.1, 0.15) is 26.7 Å². The molecule has 0 aliphatic carbocycles. The van der Waals surface area contributed by atoms with E-state index < -0.39 is 0 Å². The van der Waals surface area contributed by atoms with E-state index in [4.69, 9.17) is 4.74 Å². The van der Waals surface area contributed by atoms with Crippen LogP contribution in [0, 0.1) is 5.92 Å². The van der Waals surface area contributed by atoms with Crippen molar-refractivity contribution in [3.63, 3.8) is 0 Å². The number of fused-ring (bicyclic) bond motifs is 3. The number of carbonyl (C=O) groups is 1. The molecule has 1 amide bonds. The zero-order valence-corrected chi connectivity index (χ0v) is 13.9. The smallest absolute Gasteiger partial charge is 0.410 e. The Kier molecular flexibility index (Phi) is 5.70. The molecule has 0 aromatic rings. The van der Waals surface area contributed by atoms with Crippen LogP contribution in [-0.2, 0) is 4.74 Å². The molecule has 3 fully saturated rings. The van der Waals surface area contributed by atoms with Crippen molar-refractivity contribution < 1.29 is 38.0 Å². The summed E-state index contributed by atoms with van der Waals surface area (Å²) in [5.74, 6) is 0.606. The summed E-state index contributed by atoms with van der Waals surface area (Å²) < 4.78 is 6.80. The van der Waals surface area contributed by atoms with Crippen LogP contribution in [0.25, 0.3) is 0 Å². The molecule has 0 N–H and O–H groups in total. The van der Waals surface area contributed by atoms with Crippen molar-refractivity contribution in [3.8, 4) is 0 Å². The molecule has 3 aliphatic heterocycles. The van der Waals surface area contributed by atoms with E-state index in [9.17, 15) is 4.79 Å². The molecular weight excluding hydrogens is 343 g/mol. The third kappa shape index (κ3) is 3.29. The van der Waals surface area contributed by atoms with Gasteiger partial charge < -0.3 is 38.1 Å². The van der Waals surface area contributed by atoms with Crippen LogP contribution in [0.4, 0.5) is 4.79 Å². The lowest BCUT2D eigenvalue weighted by molar-refractivity contribution is -0.928. The normalized spacial score (nSPS) is 33.7. The minimum Gasteiger partial charge on any atom is -1.00 e. The van der Waals surface area contributed by atoms with Crippen molar-refractivity contribution in [2.75, 3.05) is 39.8 Å². The van der Waals surface area contributed by atoms with Crippen molar-refractivity contribution >= 4 is 6.09 Å². The molecule has 1 atom stereocenters. The van der Waals surface area contributed by atoms with E-state index in [1.165, 1.54) is 25.9 Å². The summed E-state index contributed by atoms with van der Waals surface area (Å²) in [5, 5.41) is 0. The summed E-state index contributed by atoms with van der Waals surface area (Å²) in [5.41, 5.74) is 0. The summed E-state index contributed by atoms with van der Waals surface area (Å²) >= 11 is 0. The molecule has 3 heterocycles. The Balaban J connectivity index is 0.00000162. The van der Waals surface area contributed by atoms with Gasteiger partial charge in [-0.3, -0.25) is 0 Å². The first-order valence-corrected chi connectivity index (χ1v) is 6.87. The maximum absolute atomic E-state index is 12.0. The quantitative estimate of drug-likeness (QED) is 0.458. The number of carbonyl (C=O) groups excluding carboxylic acids is 1. The number of quaternary nitrogens is 1. The molecule has 0 aromatic heterocycles. The van der Waals surface area contributed by atoms with Crippen LogP contribution in [0.5, 0.6) is 0 Å². The highest BCUT2D eigenvalue weighted by Gasteiger charge is 2.45. The van der Waals surface area contributed by atoms with Crippen LogP contribution in [0.15, 0.2) is 0 Å². The number of rotatable bonds is 3. The van der Waals surface area contributed by atoms with Crippen molar-refractivity contribution in [3.05, 3.63) is 0 Å². The van der Waals surface area contributed by atoms with Gasteiger partial charge in [0.25, 0.3) is 0 Å². The second-order valence-electron chi connectivity index (χ2n) is 5.68. The number of ether oxygens (including phenoxy) is 1. The fourth-order valence-corrected chi connectivity index (χ4v) is 3.17. The number of hydrogen-bond acceptors (Lipinski definition) is 2. The fraction of sp³-hybridized carbons (Fsp3) is 0.923. The van der Waals surface area contributed by atoms with E-state index in [1.807, 2.05) is 13.8 Å². The molecule has 18 heavy (non-hydrogen) atoms. The molecule has 106 valence electrons. The van der Waals surface area contributed by atoms with Gasteiger partial charge in [-0.15, -0.1) is 0 Å². The first-order chi connectivity index (χ1) is 8.08. The number of nitrogens with zero attached hydrogens (tertiary/aromatic N) is 2. The number of hydrogen-bond donors (Lipinski definition) is 0. The molecule has 3 aliphatic rings. The van der Waals surface area contributed by atoms with E-state index in [0.29, 0.717) is 5.92 Å². The Morgan fingerprint density at radius 2 is 1.83 bits per heavy atom. The molecule has 5 heteroatoms. The fourth-order valence-electron chi connectivity index (χ4n) is 3.17. The van der Waals surface area contributed by atoms with E-state index >= 15 is 0 Å². The minimum atomic E-state index is -0.125. The van der Waals surface area contributed by atoms with Gasteiger partial charge in [0.15, 0.2) is 6.10 Å². The third-order valence-electron chi connectivity index (χ3n) is 4.50. The van der Waals surface area contributed by atoms with Crippen LogP contribution in [0.2, 0.25) is 0 Å². The van der Waals surface area contributed by atoms with Gasteiger partial charge in [-0.1, -0.05) is 0 Å². The minimum absolute atomic E-state index is 0. The van der Waals surface area contributed by atoms with Crippen LogP contribution >= 0.6 is 0 Å². The summed E-state index contributed by atoms with van der Waals surface area (Å²) in [4.78, 5) is 13.7. The second kappa shape index (κ2) is 6.41.